The van der Waals surface area contributed by atoms with E-state index in [2.05, 4.69) is 10.3 Å². The Hall–Kier alpha value is -3.29. The summed E-state index contributed by atoms with van der Waals surface area (Å²) in [5.41, 5.74) is 2.24. The minimum Gasteiger partial charge on any atom is -0.497 e. The summed E-state index contributed by atoms with van der Waals surface area (Å²) in [6.45, 7) is 6.65. The molecule has 1 heterocycles. The molecular weight excluding hydrogens is 376 g/mol. The quantitative estimate of drug-likeness (QED) is 0.658. The van der Waals surface area contributed by atoms with Crippen molar-refractivity contribution in [1.82, 2.24) is 10.3 Å². The molecular formula is C21H26N2O6. The van der Waals surface area contributed by atoms with Gasteiger partial charge in [0.15, 0.2) is 6.61 Å². The first-order chi connectivity index (χ1) is 13.7. The summed E-state index contributed by atoms with van der Waals surface area (Å²) in [5, 5.41) is 2.67. The Morgan fingerprint density at radius 2 is 1.72 bits per heavy atom. The van der Waals surface area contributed by atoms with E-state index in [0.29, 0.717) is 23.4 Å². The predicted molar refractivity (Wildman–Crippen MR) is 106 cm³/mol. The van der Waals surface area contributed by atoms with Crippen molar-refractivity contribution < 1.29 is 28.6 Å². The van der Waals surface area contributed by atoms with E-state index in [-0.39, 0.29) is 11.8 Å². The first kappa shape index (κ1) is 22.0. The zero-order chi connectivity index (χ0) is 21.6. The lowest BCUT2D eigenvalue weighted by molar-refractivity contribution is -0.124. The topological polar surface area (TPSA) is 107 Å². The maximum absolute atomic E-state index is 12.3. The summed E-state index contributed by atoms with van der Waals surface area (Å²) in [6, 6.07) is 7.24. The second kappa shape index (κ2) is 9.77. The number of carbonyl (C=O) groups excluding carboxylic acids is 3. The number of methoxy groups -OCH3 is 1. The predicted octanol–water partition coefficient (Wildman–Crippen LogP) is 2.68. The SMILES string of the molecule is COc1ccc(CNC(=O)COC(=O)c2[nH]c(C)c(C(=O)OC(C)C)c2C)cc1. The number of aromatic nitrogens is 1. The minimum absolute atomic E-state index is 0.126. The Morgan fingerprint density at radius 3 is 2.31 bits per heavy atom. The number of hydrogen-bond acceptors (Lipinski definition) is 6. The van der Waals surface area contributed by atoms with Gasteiger partial charge in [-0.15, -0.1) is 0 Å². The average Bonchev–Trinajstić information content (AvgIpc) is 2.98. The van der Waals surface area contributed by atoms with Crippen LogP contribution in [-0.2, 0) is 20.8 Å². The highest BCUT2D eigenvalue weighted by Gasteiger charge is 2.24. The first-order valence-electron chi connectivity index (χ1n) is 9.19. The molecule has 0 saturated heterocycles. The maximum atomic E-state index is 12.3. The Kier molecular flexibility index (Phi) is 7.41. The van der Waals surface area contributed by atoms with Gasteiger partial charge in [0.1, 0.15) is 11.4 Å². The van der Waals surface area contributed by atoms with Crippen LogP contribution in [0.15, 0.2) is 24.3 Å². The van der Waals surface area contributed by atoms with Gasteiger partial charge in [-0.05, 0) is 51.0 Å². The molecule has 0 aliphatic heterocycles. The molecule has 0 atom stereocenters. The summed E-state index contributed by atoms with van der Waals surface area (Å²) in [4.78, 5) is 39.3. The molecule has 0 aliphatic rings. The summed E-state index contributed by atoms with van der Waals surface area (Å²) in [7, 11) is 1.58. The van der Waals surface area contributed by atoms with Gasteiger partial charge in [-0.1, -0.05) is 12.1 Å². The van der Waals surface area contributed by atoms with E-state index in [0.717, 1.165) is 11.3 Å². The summed E-state index contributed by atoms with van der Waals surface area (Å²) >= 11 is 0. The Balaban J connectivity index is 1.91. The molecule has 0 aliphatic carbocycles. The van der Waals surface area contributed by atoms with Crippen molar-refractivity contribution in [3.05, 3.63) is 52.3 Å². The highest BCUT2D eigenvalue weighted by Crippen LogP contribution is 2.20. The number of rotatable bonds is 8. The Bertz CT molecular complexity index is 883. The number of ether oxygens (including phenoxy) is 3. The van der Waals surface area contributed by atoms with Crippen molar-refractivity contribution in [1.29, 1.82) is 0 Å². The third kappa shape index (κ3) is 5.84. The number of H-pyrrole nitrogens is 1. The van der Waals surface area contributed by atoms with Crippen LogP contribution in [0.2, 0.25) is 0 Å². The molecule has 29 heavy (non-hydrogen) atoms. The van der Waals surface area contributed by atoms with Gasteiger partial charge in [-0.25, -0.2) is 9.59 Å². The zero-order valence-corrected chi connectivity index (χ0v) is 17.3. The number of hydrogen-bond donors (Lipinski definition) is 2. The van der Waals surface area contributed by atoms with E-state index in [1.165, 1.54) is 0 Å². The standard InChI is InChI=1S/C21H26N2O6/c1-12(2)29-20(25)18-13(3)19(23-14(18)4)21(26)28-11-17(24)22-10-15-6-8-16(27-5)9-7-15/h6-9,12,23H,10-11H2,1-5H3,(H,22,24). The minimum atomic E-state index is -0.714. The van der Waals surface area contributed by atoms with Crippen molar-refractivity contribution in [2.24, 2.45) is 0 Å². The van der Waals surface area contributed by atoms with Crippen LogP contribution < -0.4 is 10.1 Å². The largest absolute Gasteiger partial charge is 0.497 e. The molecule has 8 heteroatoms. The normalized spacial score (nSPS) is 10.6. The van der Waals surface area contributed by atoms with Gasteiger partial charge >= 0.3 is 11.9 Å². The average molecular weight is 402 g/mol. The number of aryl methyl sites for hydroxylation is 1. The second-order valence-electron chi connectivity index (χ2n) is 6.78. The third-order valence-corrected chi connectivity index (χ3v) is 4.17. The number of aromatic amines is 1. The Labute approximate surface area is 169 Å². The number of esters is 2. The molecule has 1 amide bonds. The first-order valence-corrected chi connectivity index (χ1v) is 9.19. The Morgan fingerprint density at radius 1 is 1.07 bits per heavy atom. The monoisotopic (exact) mass is 402 g/mol. The van der Waals surface area contributed by atoms with Crippen LogP contribution in [0.4, 0.5) is 0 Å². The molecule has 1 aromatic carbocycles. The molecule has 156 valence electrons. The van der Waals surface area contributed by atoms with Crippen LogP contribution in [0.1, 0.15) is 51.5 Å². The van der Waals surface area contributed by atoms with E-state index in [1.807, 2.05) is 12.1 Å². The molecule has 0 unspecified atom stereocenters. The summed E-state index contributed by atoms with van der Waals surface area (Å²) in [5.74, 6) is -0.937. The van der Waals surface area contributed by atoms with Crippen LogP contribution in [0, 0.1) is 13.8 Å². The molecule has 0 radical (unpaired) electrons. The highest BCUT2D eigenvalue weighted by atomic mass is 16.5. The smallest absolute Gasteiger partial charge is 0.355 e. The van der Waals surface area contributed by atoms with Crippen molar-refractivity contribution in [3.63, 3.8) is 0 Å². The fourth-order valence-electron chi connectivity index (χ4n) is 2.73. The van der Waals surface area contributed by atoms with Gasteiger partial charge in [0.2, 0.25) is 0 Å². The summed E-state index contributed by atoms with van der Waals surface area (Å²) in [6.07, 6.45) is -0.277. The van der Waals surface area contributed by atoms with Gasteiger partial charge < -0.3 is 24.5 Å². The van der Waals surface area contributed by atoms with Crippen molar-refractivity contribution in [2.75, 3.05) is 13.7 Å². The molecule has 2 N–H and O–H groups in total. The molecule has 1 aromatic heterocycles. The number of carbonyl (C=O) groups is 3. The molecule has 2 aromatic rings. The fourth-order valence-corrected chi connectivity index (χ4v) is 2.73. The van der Waals surface area contributed by atoms with Crippen LogP contribution in [0.25, 0.3) is 0 Å². The fraction of sp³-hybridized carbons (Fsp3) is 0.381. The molecule has 8 nitrogen and oxygen atoms in total. The lowest BCUT2D eigenvalue weighted by atomic mass is 10.1. The number of amides is 1. The van der Waals surface area contributed by atoms with Gasteiger partial charge in [0.05, 0.1) is 18.8 Å². The van der Waals surface area contributed by atoms with Crippen LogP contribution in [-0.4, -0.2) is 42.7 Å². The van der Waals surface area contributed by atoms with E-state index in [4.69, 9.17) is 14.2 Å². The van der Waals surface area contributed by atoms with Crippen LogP contribution in [0.3, 0.4) is 0 Å². The molecule has 0 fully saturated rings. The van der Waals surface area contributed by atoms with Crippen molar-refractivity contribution in [2.45, 2.75) is 40.3 Å². The molecule has 0 bridgehead atoms. The maximum Gasteiger partial charge on any atom is 0.355 e. The van der Waals surface area contributed by atoms with E-state index >= 15 is 0 Å². The van der Waals surface area contributed by atoms with Gasteiger partial charge in [0, 0.05) is 12.2 Å². The lowest BCUT2D eigenvalue weighted by Gasteiger charge is -2.08. The summed E-state index contributed by atoms with van der Waals surface area (Å²) < 4.78 is 15.3. The third-order valence-electron chi connectivity index (χ3n) is 4.17. The molecule has 2 rings (SSSR count). The molecule has 0 saturated carbocycles. The number of benzene rings is 1. The number of nitrogens with one attached hydrogen (secondary N) is 2. The van der Waals surface area contributed by atoms with Crippen LogP contribution in [0.5, 0.6) is 5.75 Å². The van der Waals surface area contributed by atoms with Crippen molar-refractivity contribution >= 4 is 17.8 Å². The second-order valence-corrected chi connectivity index (χ2v) is 6.78. The van der Waals surface area contributed by atoms with E-state index in [9.17, 15) is 14.4 Å². The zero-order valence-electron chi connectivity index (χ0n) is 17.3. The van der Waals surface area contributed by atoms with Crippen LogP contribution >= 0.6 is 0 Å². The van der Waals surface area contributed by atoms with Gasteiger partial charge in [-0.2, -0.15) is 0 Å². The molecule has 0 spiro atoms. The van der Waals surface area contributed by atoms with Gasteiger partial charge in [0.25, 0.3) is 5.91 Å². The lowest BCUT2D eigenvalue weighted by Crippen LogP contribution is -2.28. The van der Waals surface area contributed by atoms with Gasteiger partial charge in [-0.3, -0.25) is 4.79 Å². The highest BCUT2D eigenvalue weighted by molar-refractivity contribution is 5.99. The van der Waals surface area contributed by atoms with E-state index < -0.39 is 24.5 Å². The van der Waals surface area contributed by atoms with Crippen molar-refractivity contribution in [3.8, 4) is 5.75 Å². The van der Waals surface area contributed by atoms with E-state index in [1.54, 1.807) is 46.9 Å².